The van der Waals surface area contributed by atoms with E-state index in [1.54, 1.807) is 30.7 Å². The number of rotatable bonds is 3. The lowest BCUT2D eigenvalue weighted by molar-refractivity contribution is 0.0537. The molecule has 0 saturated carbocycles. The van der Waals surface area contributed by atoms with Crippen LogP contribution in [0.3, 0.4) is 0 Å². The van der Waals surface area contributed by atoms with E-state index in [9.17, 15) is 4.79 Å². The van der Waals surface area contributed by atoms with E-state index >= 15 is 0 Å². The highest BCUT2D eigenvalue weighted by atomic mass is 35.5. The third kappa shape index (κ3) is 3.62. The summed E-state index contributed by atoms with van der Waals surface area (Å²) in [6, 6.07) is 5.35. The lowest BCUT2D eigenvalue weighted by atomic mass is 10.1. The second-order valence-electron chi connectivity index (χ2n) is 5.58. The van der Waals surface area contributed by atoms with E-state index in [-0.39, 0.29) is 12.0 Å². The van der Waals surface area contributed by atoms with E-state index in [0.29, 0.717) is 22.9 Å². The van der Waals surface area contributed by atoms with E-state index in [0.717, 1.165) is 25.1 Å². The van der Waals surface area contributed by atoms with E-state index in [4.69, 9.17) is 16.3 Å². The molecule has 0 radical (unpaired) electrons. The van der Waals surface area contributed by atoms with Crippen LogP contribution in [0.25, 0.3) is 0 Å². The summed E-state index contributed by atoms with van der Waals surface area (Å²) in [6.45, 7) is 3.13. The predicted octanol–water partition coefficient (Wildman–Crippen LogP) is 3.12. The van der Waals surface area contributed by atoms with Gasteiger partial charge in [-0.2, -0.15) is 0 Å². The minimum Gasteiger partial charge on any atom is -0.487 e. The van der Waals surface area contributed by atoms with Crippen molar-refractivity contribution >= 4 is 17.5 Å². The Labute approximate surface area is 140 Å². The lowest BCUT2D eigenvalue weighted by Crippen LogP contribution is -2.44. The van der Waals surface area contributed by atoms with Gasteiger partial charge < -0.3 is 9.64 Å². The first-order valence-electron chi connectivity index (χ1n) is 7.62. The van der Waals surface area contributed by atoms with Gasteiger partial charge in [0.25, 0.3) is 5.91 Å². The maximum atomic E-state index is 12.7. The average Bonchev–Trinajstić information content (AvgIpc) is 2.57. The number of ether oxygens (including phenoxy) is 1. The molecule has 2 aromatic rings. The van der Waals surface area contributed by atoms with Crippen LogP contribution < -0.4 is 4.74 Å². The molecule has 2 aromatic heterocycles. The fraction of sp³-hybridized carbons (Fsp3) is 0.353. The number of carbonyl (C=O) groups is 1. The Balaban J connectivity index is 1.70. The molecule has 1 aliphatic rings. The van der Waals surface area contributed by atoms with Crippen molar-refractivity contribution in [2.75, 3.05) is 13.1 Å². The van der Waals surface area contributed by atoms with Gasteiger partial charge in [0, 0.05) is 36.9 Å². The third-order valence-corrected chi connectivity index (χ3v) is 4.22. The highest BCUT2D eigenvalue weighted by molar-refractivity contribution is 6.31. The van der Waals surface area contributed by atoms with Crippen molar-refractivity contribution in [1.29, 1.82) is 0 Å². The summed E-state index contributed by atoms with van der Waals surface area (Å²) >= 11 is 6.08. The van der Waals surface area contributed by atoms with E-state index in [2.05, 4.69) is 9.97 Å². The topological polar surface area (TPSA) is 55.3 Å². The fourth-order valence-electron chi connectivity index (χ4n) is 2.74. The molecule has 3 rings (SSSR count). The molecule has 120 valence electrons. The minimum atomic E-state index is -0.0652. The van der Waals surface area contributed by atoms with Crippen molar-refractivity contribution in [1.82, 2.24) is 14.9 Å². The van der Waals surface area contributed by atoms with Crippen molar-refractivity contribution in [3.05, 3.63) is 53.1 Å². The standard InChI is InChI=1S/C17H18ClN3O2/c1-12-14(5-2-7-20-12)17(22)21-9-3-4-13(11-21)23-16-6-8-19-10-15(16)18/h2,5-8,10,13H,3-4,9,11H2,1H3. The Morgan fingerprint density at radius 3 is 3.04 bits per heavy atom. The first kappa shape index (κ1) is 15.7. The number of aryl methyl sites for hydroxylation is 1. The number of piperidine rings is 1. The third-order valence-electron chi connectivity index (χ3n) is 3.93. The molecule has 0 spiro atoms. The second kappa shape index (κ2) is 6.96. The minimum absolute atomic E-state index is 0.00438. The Morgan fingerprint density at radius 1 is 1.39 bits per heavy atom. The number of hydrogen-bond donors (Lipinski definition) is 0. The van der Waals surface area contributed by atoms with Gasteiger partial charge in [0.15, 0.2) is 0 Å². The van der Waals surface area contributed by atoms with Crippen LogP contribution in [-0.4, -0.2) is 40.0 Å². The Kier molecular flexibility index (Phi) is 4.76. The zero-order chi connectivity index (χ0) is 16.2. The van der Waals surface area contributed by atoms with Crippen LogP contribution in [0.2, 0.25) is 5.02 Å². The van der Waals surface area contributed by atoms with Gasteiger partial charge in [-0.15, -0.1) is 0 Å². The molecular weight excluding hydrogens is 314 g/mol. The monoisotopic (exact) mass is 331 g/mol. The van der Waals surface area contributed by atoms with Crippen molar-refractivity contribution < 1.29 is 9.53 Å². The Morgan fingerprint density at radius 2 is 2.26 bits per heavy atom. The van der Waals surface area contributed by atoms with Crippen LogP contribution in [0.1, 0.15) is 28.9 Å². The van der Waals surface area contributed by atoms with Gasteiger partial charge in [-0.1, -0.05) is 11.6 Å². The SMILES string of the molecule is Cc1ncccc1C(=O)N1CCCC(Oc2ccncc2Cl)C1. The molecule has 6 heteroatoms. The summed E-state index contributed by atoms with van der Waals surface area (Å²) in [5, 5.41) is 0.485. The molecule has 1 unspecified atom stereocenters. The Hall–Kier alpha value is -2.14. The van der Waals surface area contributed by atoms with E-state index in [1.165, 1.54) is 0 Å². The summed E-state index contributed by atoms with van der Waals surface area (Å²) in [6.07, 6.45) is 6.63. The van der Waals surface area contributed by atoms with Gasteiger partial charge in [0.05, 0.1) is 12.1 Å². The van der Waals surface area contributed by atoms with Crippen LogP contribution in [-0.2, 0) is 0 Å². The number of amides is 1. The molecule has 0 aromatic carbocycles. The molecule has 1 aliphatic heterocycles. The molecule has 3 heterocycles. The van der Waals surface area contributed by atoms with Crippen molar-refractivity contribution in [2.45, 2.75) is 25.9 Å². The van der Waals surface area contributed by atoms with Crippen LogP contribution in [0.15, 0.2) is 36.8 Å². The van der Waals surface area contributed by atoms with Gasteiger partial charge in [-0.05, 0) is 31.9 Å². The molecule has 0 bridgehead atoms. The first-order chi connectivity index (χ1) is 11.1. The molecule has 1 atom stereocenters. The Bertz CT molecular complexity index is 708. The molecule has 1 fully saturated rings. The molecule has 23 heavy (non-hydrogen) atoms. The number of hydrogen-bond acceptors (Lipinski definition) is 4. The van der Waals surface area contributed by atoms with Crippen molar-refractivity contribution in [3.8, 4) is 5.75 Å². The van der Waals surface area contributed by atoms with Gasteiger partial charge in [0.1, 0.15) is 16.9 Å². The predicted molar refractivity (Wildman–Crippen MR) is 87.8 cm³/mol. The number of nitrogens with zero attached hydrogens (tertiary/aromatic N) is 3. The van der Waals surface area contributed by atoms with Crippen LogP contribution in [0.5, 0.6) is 5.75 Å². The molecule has 0 aliphatic carbocycles. The number of pyridine rings is 2. The highest BCUT2D eigenvalue weighted by Gasteiger charge is 2.27. The smallest absolute Gasteiger partial charge is 0.255 e. The summed E-state index contributed by atoms with van der Waals surface area (Å²) in [7, 11) is 0. The number of aromatic nitrogens is 2. The number of likely N-dealkylation sites (tertiary alicyclic amines) is 1. The summed E-state index contributed by atoms with van der Waals surface area (Å²) in [4.78, 5) is 22.6. The number of halogens is 1. The second-order valence-corrected chi connectivity index (χ2v) is 5.98. The molecule has 1 amide bonds. The lowest BCUT2D eigenvalue weighted by Gasteiger charge is -2.33. The maximum absolute atomic E-state index is 12.7. The largest absolute Gasteiger partial charge is 0.487 e. The van der Waals surface area contributed by atoms with Crippen LogP contribution in [0, 0.1) is 6.92 Å². The van der Waals surface area contributed by atoms with E-state index in [1.807, 2.05) is 17.9 Å². The van der Waals surface area contributed by atoms with Crippen molar-refractivity contribution in [2.24, 2.45) is 0 Å². The van der Waals surface area contributed by atoms with Crippen LogP contribution in [0.4, 0.5) is 0 Å². The average molecular weight is 332 g/mol. The zero-order valence-corrected chi connectivity index (χ0v) is 13.7. The quantitative estimate of drug-likeness (QED) is 0.867. The highest BCUT2D eigenvalue weighted by Crippen LogP contribution is 2.26. The normalized spacial score (nSPS) is 17.8. The molecule has 1 saturated heterocycles. The zero-order valence-electron chi connectivity index (χ0n) is 12.9. The van der Waals surface area contributed by atoms with Crippen molar-refractivity contribution in [3.63, 3.8) is 0 Å². The van der Waals surface area contributed by atoms with Gasteiger partial charge in [0.2, 0.25) is 0 Å². The fourth-order valence-corrected chi connectivity index (χ4v) is 2.90. The molecule has 5 nitrogen and oxygen atoms in total. The van der Waals surface area contributed by atoms with Gasteiger partial charge >= 0.3 is 0 Å². The maximum Gasteiger partial charge on any atom is 0.255 e. The van der Waals surface area contributed by atoms with Crippen LogP contribution >= 0.6 is 11.6 Å². The number of carbonyl (C=O) groups excluding carboxylic acids is 1. The first-order valence-corrected chi connectivity index (χ1v) is 8.00. The molecular formula is C17H18ClN3O2. The molecule has 0 N–H and O–H groups in total. The van der Waals surface area contributed by atoms with Gasteiger partial charge in [-0.3, -0.25) is 14.8 Å². The summed E-state index contributed by atoms with van der Waals surface area (Å²) in [5.74, 6) is 0.614. The summed E-state index contributed by atoms with van der Waals surface area (Å²) in [5.41, 5.74) is 1.40. The summed E-state index contributed by atoms with van der Waals surface area (Å²) < 4.78 is 5.95. The van der Waals surface area contributed by atoms with E-state index < -0.39 is 0 Å². The van der Waals surface area contributed by atoms with Gasteiger partial charge in [-0.25, -0.2) is 0 Å².